The second-order valence-electron chi connectivity index (χ2n) is 4.01. The van der Waals surface area contributed by atoms with E-state index < -0.39 is 0 Å². The van der Waals surface area contributed by atoms with Gasteiger partial charge in [-0.3, -0.25) is 0 Å². The fourth-order valence-electron chi connectivity index (χ4n) is 0.947. The summed E-state index contributed by atoms with van der Waals surface area (Å²) in [7, 11) is 8.10. The average Bonchev–Trinajstić information content (AvgIpc) is 2.21. The van der Waals surface area contributed by atoms with Crippen molar-refractivity contribution in [1.29, 1.82) is 0 Å². The highest BCUT2D eigenvalue weighted by atomic mass is 15.0. The van der Waals surface area contributed by atoms with Crippen molar-refractivity contribution >= 4 is 0 Å². The van der Waals surface area contributed by atoms with Gasteiger partial charge in [-0.2, -0.15) is 0 Å². The summed E-state index contributed by atoms with van der Waals surface area (Å²) in [6.07, 6.45) is 3.72. The van der Waals surface area contributed by atoms with E-state index in [9.17, 15) is 0 Å². The normalized spacial score (nSPS) is 9.00. The maximum Gasteiger partial charge on any atom is -0.00275 e. The van der Waals surface area contributed by atoms with E-state index in [1.165, 1.54) is 25.8 Å². The molecule has 0 aromatic heterocycles. The molecule has 0 amide bonds. The predicted octanol–water partition coefficient (Wildman–Crippen LogP) is 2.19. The van der Waals surface area contributed by atoms with Crippen LogP contribution in [0.4, 0.5) is 0 Å². The zero-order chi connectivity index (χ0) is 13.2. The molecule has 0 fully saturated rings. The van der Waals surface area contributed by atoms with Crippen LogP contribution in [0, 0.1) is 0 Å². The predicted molar refractivity (Wildman–Crippen MR) is 77.3 cm³/mol. The van der Waals surface area contributed by atoms with Crippen LogP contribution in [0.5, 0.6) is 0 Å². The summed E-state index contributed by atoms with van der Waals surface area (Å²) in [5.41, 5.74) is 0. The molecule has 0 saturated heterocycles. The summed E-state index contributed by atoms with van der Waals surface area (Å²) in [5, 5.41) is 6.03. The second-order valence-corrected chi connectivity index (χ2v) is 4.01. The first-order valence-electron chi connectivity index (χ1n) is 6.54. The third-order valence-electron chi connectivity index (χ3n) is 1.67. The van der Waals surface area contributed by atoms with Gasteiger partial charge in [0.2, 0.25) is 0 Å². The Morgan fingerprint density at radius 3 is 1.12 bits per heavy atom. The molecule has 0 aromatic carbocycles. The van der Waals surface area contributed by atoms with Crippen LogP contribution >= 0.6 is 0 Å². The quantitative estimate of drug-likeness (QED) is 0.736. The van der Waals surface area contributed by atoms with Gasteiger partial charge in [-0.25, -0.2) is 0 Å². The van der Waals surface area contributed by atoms with Crippen molar-refractivity contribution in [2.75, 3.05) is 47.8 Å². The lowest BCUT2D eigenvalue weighted by atomic mass is 10.5. The van der Waals surface area contributed by atoms with E-state index in [2.05, 4.69) is 50.4 Å². The molecule has 16 heavy (non-hydrogen) atoms. The zero-order valence-corrected chi connectivity index (χ0v) is 12.7. The van der Waals surface area contributed by atoms with Gasteiger partial charge in [0.05, 0.1) is 0 Å². The summed E-state index contributed by atoms with van der Waals surface area (Å²) in [6.45, 7) is 9.97. The minimum atomic E-state index is 1.14. The van der Waals surface area contributed by atoms with Gasteiger partial charge in [-0.15, -0.1) is 0 Å². The molecule has 0 saturated carbocycles. The van der Waals surface area contributed by atoms with Crippen LogP contribution in [-0.2, 0) is 0 Å². The van der Waals surface area contributed by atoms with Gasteiger partial charge in [-0.1, -0.05) is 20.8 Å². The number of hydrogen-bond donors (Lipinski definition) is 2. The van der Waals surface area contributed by atoms with Crippen molar-refractivity contribution in [2.24, 2.45) is 0 Å². The fraction of sp³-hybridized carbons (Fsp3) is 1.00. The van der Waals surface area contributed by atoms with Gasteiger partial charge in [0, 0.05) is 0 Å². The van der Waals surface area contributed by atoms with Crippen LogP contribution in [0.15, 0.2) is 0 Å². The lowest BCUT2D eigenvalue weighted by molar-refractivity contribution is 0.408. The Hall–Kier alpha value is -0.120. The SMILES string of the molecule is CCCN(C)C.CCCNC.CCCNC. The molecule has 0 spiro atoms. The van der Waals surface area contributed by atoms with Gasteiger partial charge in [0.1, 0.15) is 0 Å². The molecule has 0 aromatic rings. The maximum atomic E-state index is 3.02. The van der Waals surface area contributed by atoms with Crippen molar-refractivity contribution in [3.05, 3.63) is 0 Å². The molecule has 2 N–H and O–H groups in total. The molecule has 0 unspecified atom stereocenters. The number of nitrogens with zero attached hydrogens (tertiary/aromatic N) is 1. The van der Waals surface area contributed by atoms with Crippen LogP contribution < -0.4 is 10.6 Å². The van der Waals surface area contributed by atoms with Gasteiger partial charge in [0.15, 0.2) is 0 Å². The second kappa shape index (κ2) is 24.2. The third-order valence-corrected chi connectivity index (χ3v) is 1.67. The van der Waals surface area contributed by atoms with Crippen LogP contribution in [-0.4, -0.2) is 52.7 Å². The van der Waals surface area contributed by atoms with Crippen molar-refractivity contribution in [3.63, 3.8) is 0 Å². The van der Waals surface area contributed by atoms with Crippen LogP contribution in [0.3, 0.4) is 0 Å². The minimum Gasteiger partial charge on any atom is -0.320 e. The Kier molecular flexibility index (Phi) is 32.1. The minimum absolute atomic E-state index is 1.14. The smallest absolute Gasteiger partial charge is 0.00275 e. The highest BCUT2D eigenvalue weighted by Gasteiger charge is 1.79. The summed E-state index contributed by atoms with van der Waals surface area (Å²) in [4.78, 5) is 2.18. The lowest BCUT2D eigenvalue weighted by Gasteiger charge is -2.03. The molecule has 0 rings (SSSR count). The molecular weight excluding hydrogens is 198 g/mol. The molecule has 0 aliphatic carbocycles. The highest BCUT2D eigenvalue weighted by molar-refractivity contribution is 4.34. The Bertz CT molecular complexity index is 75.2. The molecule has 0 aliphatic heterocycles. The van der Waals surface area contributed by atoms with Crippen molar-refractivity contribution in [2.45, 2.75) is 40.0 Å². The van der Waals surface area contributed by atoms with Crippen LogP contribution in [0.25, 0.3) is 0 Å². The monoisotopic (exact) mass is 233 g/mol. The summed E-state index contributed by atoms with van der Waals surface area (Å²) in [6, 6.07) is 0. The Morgan fingerprint density at radius 1 is 0.750 bits per heavy atom. The number of rotatable bonds is 6. The summed E-state index contributed by atoms with van der Waals surface area (Å²) < 4.78 is 0. The molecule has 0 bridgehead atoms. The van der Waals surface area contributed by atoms with Gasteiger partial charge in [0.25, 0.3) is 0 Å². The zero-order valence-electron chi connectivity index (χ0n) is 12.7. The standard InChI is InChI=1S/C5H13N.2C4H11N/c1-4-5-6(2)3;2*1-3-4-5-2/h4-5H2,1-3H3;2*5H,3-4H2,1-2H3. The van der Waals surface area contributed by atoms with Gasteiger partial charge < -0.3 is 15.5 Å². The Labute approximate surface area is 104 Å². The molecule has 3 heteroatoms. The average molecular weight is 233 g/mol. The van der Waals surface area contributed by atoms with E-state index in [1.807, 2.05) is 14.1 Å². The Morgan fingerprint density at radius 2 is 1.12 bits per heavy atom. The van der Waals surface area contributed by atoms with Crippen LogP contribution in [0.2, 0.25) is 0 Å². The molecule has 0 atom stereocenters. The first kappa shape index (κ1) is 21.2. The van der Waals surface area contributed by atoms with E-state index in [1.54, 1.807) is 0 Å². The molecule has 0 radical (unpaired) electrons. The first-order valence-corrected chi connectivity index (χ1v) is 6.54. The Balaban J connectivity index is -0.000000160. The molecule has 3 nitrogen and oxygen atoms in total. The summed E-state index contributed by atoms with van der Waals surface area (Å²) in [5.74, 6) is 0. The lowest BCUT2D eigenvalue weighted by Crippen LogP contribution is -2.11. The fourth-order valence-corrected chi connectivity index (χ4v) is 0.947. The first-order chi connectivity index (χ1) is 7.60. The van der Waals surface area contributed by atoms with Crippen molar-refractivity contribution in [1.82, 2.24) is 15.5 Å². The largest absolute Gasteiger partial charge is 0.320 e. The van der Waals surface area contributed by atoms with E-state index in [4.69, 9.17) is 0 Å². The topological polar surface area (TPSA) is 27.3 Å². The van der Waals surface area contributed by atoms with E-state index >= 15 is 0 Å². The van der Waals surface area contributed by atoms with Gasteiger partial charge >= 0.3 is 0 Å². The van der Waals surface area contributed by atoms with E-state index in [0.29, 0.717) is 0 Å². The molecular formula is C13H35N3. The molecule has 0 aliphatic rings. The third kappa shape index (κ3) is 48.6. The molecule has 0 heterocycles. The van der Waals surface area contributed by atoms with E-state index in [-0.39, 0.29) is 0 Å². The van der Waals surface area contributed by atoms with Crippen molar-refractivity contribution < 1.29 is 0 Å². The maximum absolute atomic E-state index is 3.02. The van der Waals surface area contributed by atoms with E-state index in [0.717, 1.165) is 13.1 Å². The van der Waals surface area contributed by atoms with Crippen molar-refractivity contribution in [3.8, 4) is 0 Å². The highest BCUT2D eigenvalue weighted by Crippen LogP contribution is 1.76. The van der Waals surface area contributed by atoms with Gasteiger partial charge in [-0.05, 0) is 67.1 Å². The van der Waals surface area contributed by atoms with Crippen LogP contribution in [0.1, 0.15) is 40.0 Å². The number of hydrogen-bond acceptors (Lipinski definition) is 3. The molecule has 102 valence electrons. The summed E-state index contributed by atoms with van der Waals surface area (Å²) >= 11 is 0. The number of nitrogens with one attached hydrogen (secondary N) is 2.